The molecule has 0 aliphatic carbocycles. The normalized spacial score (nSPS) is 11.8. The standard InChI is InChI=1S/C21H23N3O4/c1-14(15-8-9-19(27-3)20(10-15)28-4)24-21(25)16(12-22)13-23-17-6-5-7-18(11-17)26-2/h5-11,13-14,23H,1-4H3,(H,24,25)/b16-13-. The Labute approximate surface area is 164 Å². The molecule has 1 unspecified atom stereocenters. The number of nitrogens with zero attached hydrogens (tertiary/aromatic N) is 1. The van der Waals surface area contributed by atoms with Crippen molar-refractivity contribution in [3.63, 3.8) is 0 Å². The molecule has 7 heteroatoms. The zero-order chi connectivity index (χ0) is 20.5. The number of hydrogen-bond acceptors (Lipinski definition) is 6. The van der Waals surface area contributed by atoms with Crippen LogP contribution < -0.4 is 24.8 Å². The Kier molecular flexibility index (Phi) is 7.28. The molecule has 2 rings (SSSR count). The Balaban J connectivity index is 2.09. The van der Waals surface area contributed by atoms with Crippen molar-refractivity contribution in [2.75, 3.05) is 26.6 Å². The first-order valence-corrected chi connectivity index (χ1v) is 8.56. The lowest BCUT2D eigenvalue weighted by Crippen LogP contribution is -2.28. The van der Waals surface area contributed by atoms with Gasteiger partial charge in [0.05, 0.1) is 27.4 Å². The van der Waals surface area contributed by atoms with E-state index < -0.39 is 5.91 Å². The average molecular weight is 381 g/mol. The molecule has 1 amide bonds. The molecular weight excluding hydrogens is 358 g/mol. The van der Waals surface area contributed by atoms with Crippen LogP contribution in [0.1, 0.15) is 18.5 Å². The molecule has 0 saturated carbocycles. The summed E-state index contributed by atoms with van der Waals surface area (Å²) in [5.74, 6) is 1.35. The van der Waals surface area contributed by atoms with E-state index in [-0.39, 0.29) is 11.6 Å². The third kappa shape index (κ3) is 5.17. The number of ether oxygens (including phenoxy) is 3. The summed E-state index contributed by atoms with van der Waals surface area (Å²) in [6.45, 7) is 1.82. The fourth-order valence-corrected chi connectivity index (χ4v) is 2.50. The summed E-state index contributed by atoms with van der Waals surface area (Å²) >= 11 is 0. The maximum Gasteiger partial charge on any atom is 0.263 e. The summed E-state index contributed by atoms with van der Waals surface area (Å²) in [7, 11) is 4.67. The third-order valence-corrected chi connectivity index (χ3v) is 4.07. The van der Waals surface area contributed by atoms with E-state index in [0.717, 1.165) is 5.56 Å². The zero-order valence-corrected chi connectivity index (χ0v) is 16.3. The predicted octanol–water partition coefficient (Wildman–Crippen LogP) is 3.41. The first-order chi connectivity index (χ1) is 13.5. The molecule has 1 atom stereocenters. The van der Waals surface area contributed by atoms with Gasteiger partial charge < -0.3 is 24.8 Å². The molecule has 0 heterocycles. The SMILES string of the molecule is COc1cccc(N/C=C(/C#N)C(=O)NC(C)c2ccc(OC)c(OC)c2)c1. The van der Waals surface area contributed by atoms with E-state index >= 15 is 0 Å². The summed E-state index contributed by atoms with van der Waals surface area (Å²) < 4.78 is 15.7. The van der Waals surface area contributed by atoms with E-state index in [4.69, 9.17) is 14.2 Å². The van der Waals surface area contributed by atoms with E-state index in [1.54, 1.807) is 57.7 Å². The molecule has 7 nitrogen and oxygen atoms in total. The highest BCUT2D eigenvalue weighted by Gasteiger charge is 2.15. The fraction of sp³-hybridized carbons (Fsp3) is 0.238. The van der Waals surface area contributed by atoms with Gasteiger partial charge in [0.2, 0.25) is 0 Å². The quantitative estimate of drug-likeness (QED) is 0.538. The molecule has 0 spiro atoms. The Morgan fingerprint density at radius 3 is 2.46 bits per heavy atom. The second kappa shape index (κ2) is 9.88. The first-order valence-electron chi connectivity index (χ1n) is 8.56. The lowest BCUT2D eigenvalue weighted by atomic mass is 10.1. The number of hydrogen-bond donors (Lipinski definition) is 2. The van der Waals surface area contributed by atoms with Gasteiger partial charge in [-0.25, -0.2) is 0 Å². The van der Waals surface area contributed by atoms with Crippen molar-refractivity contribution in [3.8, 4) is 23.3 Å². The van der Waals surface area contributed by atoms with Gasteiger partial charge in [-0.2, -0.15) is 5.26 Å². The minimum absolute atomic E-state index is 0.0462. The number of carbonyl (C=O) groups is 1. The van der Waals surface area contributed by atoms with Gasteiger partial charge in [0.1, 0.15) is 17.4 Å². The molecule has 0 aromatic heterocycles. The number of carbonyl (C=O) groups excluding carboxylic acids is 1. The number of amides is 1. The second-order valence-corrected chi connectivity index (χ2v) is 5.86. The summed E-state index contributed by atoms with van der Waals surface area (Å²) in [6, 6.07) is 14.1. The van der Waals surface area contributed by atoms with Gasteiger partial charge in [-0.3, -0.25) is 4.79 Å². The van der Waals surface area contributed by atoms with Gasteiger partial charge in [-0.05, 0) is 36.8 Å². The summed E-state index contributed by atoms with van der Waals surface area (Å²) in [6.07, 6.45) is 1.37. The van der Waals surface area contributed by atoms with Gasteiger partial charge in [-0.15, -0.1) is 0 Å². The Morgan fingerprint density at radius 1 is 1.07 bits per heavy atom. The zero-order valence-electron chi connectivity index (χ0n) is 16.3. The van der Waals surface area contributed by atoms with Gasteiger partial charge in [0, 0.05) is 18.0 Å². The molecule has 0 aliphatic rings. The number of anilines is 1. The van der Waals surface area contributed by atoms with Crippen molar-refractivity contribution < 1.29 is 19.0 Å². The molecule has 0 aliphatic heterocycles. The van der Waals surface area contributed by atoms with Crippen molar-refractivity contribution in [2.45, 2.75) is 13.0 Å². The van der Waals surface area contributed by atoms with Gasteiger partial charge >= 0.3 is 0 Å². The molecule has 0 fully saturated rings. The number of nitrogens with one attached hydrogen (secondary N) is 2. The van der Waals surface area contributed by atoms with Crippen LogP contribution in [-0.2, 0) is 4.79 Å². The highest BCUT2D eigenvalue weighted by Crippen LogP contribution is 2.30. The van der Waals surface area contributed by atoms with E-state index in [9.17, 15) is 10.1 Å². The molecule has 28 heavy (non-hydrogen) atoms. The lowest BCUT2D eigenvalue weighted by molar-refractivity contribution is -0.117. The highest BCUT2D eigenvalue weighted by atomic mass is 16.5. The molecule has 0 radical (unpaired) electrons. The van der Waals surface area contributed by atoms with Gasteiger partial charge in [0.15, 0.2) is 11.5 Å². The molecular formula is C21H23N3O4. The van der Waals surface area contributed by atoms with Crippen LogP contribution in [0.5, 0.6) is 17.2 Å². The van der Waals surface area contributed by atoms with E-state index in [1.807, 2.05) is 19.1 Å². The highest BCUT2D eigenvalue weighted by molar-refractivity contribution is 5.97. The van der Waals surface area contributed by atoms with Crippen LogP contribution in [0.3, 0.4) is 0 Å². The smallest absolute Gasteiger partial charge is 0.263 e. The number of benzene rings is 2. The molecule has 2 aromatic carbocycles. The molecule has 2 aromatic rings. The van der Waals surface area contributed by atoms with Crippen molar-refractivity contribution in [2.24, 2.45) is 0 Å². The number of methoxy groups -OCH3 is 3. The van der Waals surface area contributed by atoms with Crippen LogP contribution in [0.25, 0.3) is 0 Å². The Hall–Kier alpha value is -3.66. The number of rotatable bonds is 8. The second-order valence-electron chi connectivity index (χ2n) is 5.86. The predicted molar refractivity (Wildman–Crippen MR) is 106 cm³/mol. The molecule has 2 N–H and O–H groups in total. The largest absolute Gasteiger partial charge is 0.497 e. The van der Waals surface area contributed by atoms with Crippen LogP contribution in [0, 0.1) is 11.3 Å². The van der Waals surface area contributed by atoms with Crippen LogP contribution in [0.4, 0.5) is 5.69 Å². The summed E-state index contributed by atoms with van der Waals surface area (Å²) in [5, 5.41) is 15.1. The topological polar surface area (TPSA) is 92.6 Å². The maximum absolute atomic E-state index is 12.5. The molecule has 0 bridgehead atoms. The fourth-order valence-electron chi connectivity index (χ4n) is 2.50. The van der Waals surface area contributed by atoms with Crippen molar-refractivity contribution in [3.05, 3.63) is 59.8 Å². The van der Waals surface area contributed by atoms with Crippen molar-refractivity contribution >= 4 is 11.6 Å². The Bertz CT molecular complexity index is 903. The maximum atomic E-state index is 12.5. The van der Waals surface area contributed by atoms with Crippen molar-refractivity contribution in [1.29, 1.82) is 5.26 Å². The monoisotopic (exact) mass is 381 g/mol. The van der Waals surface area contributed by atoms with Crippen LogP contribution in [0.15, 0.2) is 54.2 Å². The van der Waals surface area contributed by atoms with Crippen LogP contribution in [-0.4, -0.2) is 27.2 Å². The van der Waals surface area contributed by atoms with E-state index in [0.29, 0.717) is 22.9 Å². The summed E-state index contributed by atoms with van der Waals surface area (Å²) in [4.78, 5) is 12.5. The first kappa shape index (κ1) is 20.6. The van der Waals surface area contributed by atoms with Crippen LogP contribution in [0.2, 0.25) is 0 Å². The van der Waals surface area contributed by atoms with E-state index in [2.05, 4.69) is 10.6 Å². The minimum atomic E-state index is -0.486. The summed E-state index contributed by atoms with van der Waals surface area (Å²) in [5.41, 5.74) is 1.48. The molecule has 146 valence electrons. The van der Waals surface area contributed by atoms with Gasteiger partial charge in [0.25, 0.3) is 5.91 Å². The van der Waals surface area contributed by atoms with E-state index in [1.165, 1.54) is 6.20 Å². The third-order valence-electron chi connectivity index (χ3n) is 4.07. The minimum Gasteiger partial charge on any atom is -0.497 e. The van der Waals surface area contributed by atoms with Gasteiger partial charge in [-0.1, -0.05) is 12.1 Å². The van der Waals surface area contributed by atoms with Crippen LogP contribution >= 0.6 is 0 Å². The molecule has 0 saturated heterocycles. The van der Waals surface area contributed by atoms with Crippen molar-refractivity contribution in [1.82, 2.24) is 5.32 Å². The number of nitriles is 1. The Morgan fingerprint density at radius 2 is 1.82 bits per heavy atom. The lowest BCUT2D eigenvalue weighted by Gasteiger charge is -2.16. The average Bonchev–Trinajstić information content (AvgIpc) is 2.73.